The molecule has 10 nitrogen and oxygen atoms in total. The van der Waals surface area contributed by atoms with Crippen molar-refractivity contribution in [1.29, 1.82) is 0 Å². The number of hydrogen-bond acceptors (Lipinski definition) is 7. The van der Waals surface area contributed by atoms with Crippen molar-refractivity contribution in [2.75, 3.05) is 56.7 Å². The lowest BCUT2D eigenvalue weighted by molar-refractivity contribution is -0.140. The Balaban J connectivity index is 1.36. The first kappa shape index (κ1) is 29.8. The van der Waals surface area contributed by atoms with Gasteiger partial charge in [0, 0.05) is 93.7 Å². The van der Waals surface area contributed by atoms with E-state index in [-0.39, 0.29) is 18.0 Å². The highest BCUT2D eigenvalue weighted by molar-refractivity contribution is 6.14. The number of alkyl halides is 3. The molecule has 2 aromatic carbocycles. The van der Waals surface area contributed by atoms with E-state index in [0.717, 1.165) is 42.8 Å². The summed E-state index contributed by atoms with van der Waals surface area (Å²) in [7, 11) is 5.18. The van der Waals surface area contributed by atoms with Crippen molar-refractivity contribution in [3.8, 4) is 16.9 Å². The first-order valence-corrected chi connectivity index (χ1v) is 15.1. The third-order valence-corrected chi connectivity index (χ3v) is 8.83. The number of imidazole rings is 1. The highest BCUT2D eigenvalue weighted by atomic mass is 19.4. The molecule has 1 amide bonds. The van der Waals surface area contributed by atoms with E-state index >= 15 is 0 Å². The number of piperazine rings is 1. The van der Waals surface area contributed by atoms with Crippen LogP contribution in [0.5, 0.6) is 5.75 Å². The van der Waals surface area contributed by atoms with Crippen LogP contribution in [0.1, 0.15) is 27.2 Å². The Morgan fingerprint density at radius 2 is 1.72 bits per heavy atom. The summed E-state index contributed by atoms with van der Waals surface area (Å²) in [5.41, 5.74) is 3.33. The van der Waals surface area contributed by atoms with Crippen molar-refractivity contribution in [2.24, 2.45) is 7.05 Å². The van der Waals surface area contributed by atoms with E-state index in [2.05, 4.69) is 26.9 Å². The van der Waals surface area contributed by atoms with E-state index in [9.17, 15) is 18.0 Å². The molecule has 2 aliphatic rings. The minimum atomic E-state index is -4.66. The van der Waals surface area contributed by atoms with Gasteiger partial charge in [0.2, 0.25) is 0 Å². The number of carbonyl (C=O) groups excluding carboxylic acids is 1. The Morgan fingerprint density at radius 3 is 2.43 bits per heavy atom. The molecule has 0 radical (unpaired) electrons. The zero-order valence-electron chi connectivity index (χ0n) is 25.8. The average Bonchev–Trinajstić information content (AvgIpc) is 3.70. The molecule has 1 fully saturated rings. The maximum atomic E-state index is 14.5. The number of pyridine rings is 1. The van der Waals surface area contributed by atoms with Crippen molar-refractivity contribution in [3.63, 3.8) is 0 Å². The molecule has 238 valence electrons. The first-order valence-electron chi connectivity index (χ1n) is 15.1. The van der Waals surface area contributed by atoms with Gasteiger partial charge in [-0.1, -0.05) is 0 Å². The van der Waals surface area contributed by atoms with E-state index in [4.69, 9.17) is 9.72 Å². The van der Waals surface area contributed by atoms with Crippen LogP contribution in [0.4, 0.5) is 24.5 Å². The molecule has 0 atom stereocenters. The SMILES string of the molecule is COc1cc(N2CCN(C)CC2)c2nccc(N3CCc4c(cc(Cn5ccnc5)cc4-c4cn(C)nc4C(F)(F)F)C3=O)c2c1. The van der Waals surface area contributed by atoms with Gasteiger partial charge in [-0.05, 0) is 54.4 Å². The van der Waals surface area contributed by atoms with Crippen LogP contribution in [0.15, 0.2) is 61.4 Å². The van der Waals surface area contributed by atoms with E-state index < -0.39 is 11.9 Å². The molecule has 0 saturated carbocycles. The van der Waals surface area contributed by atoms with Gasteiger partial charge in [0.1, 0.15) is 5.75 Å². The number of likely N-dealkylation sites (N-methyl/N-ethyl adjacent to an activating group) is 1. The maximum absolute atomic E-state index is 14.5. The molecule has 13 heteroatoms. The Hall–Kier alpha value is -4.91. The van der Waals surface area contributed by atoms with E-state index in [0.29, 0.717) is 46.7 Å². The number of amides is 1. The number of hydrogen-bond donors (Lipinski definition) is 0. The Bertz CT molecular complexity index is 1930. The lowest BCUT2D eigenvalue weighted by Crippen LogP contribution is -2.44. The van der Waals surface area contributed by atoms with Gasteiger partial charge in [-0.15, -0.1) is 0 Å². The largest absolute Gasteiger partial charge is 0.497 e. The number of halogens is 3. The van der Waals surface area contributed by atoms with Gasteiger partial charge in [0.15, 0.2) is 5.69 Å². The van der Waals surface area contributed by atoms with Crippen LogP contribution in [0.2, 0.25) is 0 Å². The van der Waals surface area contributed by atoms with Crippen molar-refractivity contribution < 1.29 is 22.7 Å². The topological polar surface area (TPSA) is 84.6 Å². The molecule has 0 spiro atoms. The highest BCUT2D eigenvalue weighted by Gasteiger charge is 2.39. The highest BCUT2D eigenvalue weighted by Crippen LogP contribution is 2.42. The fourth-order valence-electron chi connectivity index (χ4n) is 6.55. The maximum Gasteiger partial charge on any atom is 0.435 e. The van der Waals surface area contributed by atoms with Gasteiger partial charge >= 0.3 is 6.18 Å². The predicted octanol–water partition coefficient (Wildman–Crippen LogP) is 4.86. The van der Waals surface area contributed by atoms with E-state index in [1.807, 2.05) is 22.8 Å². The summed E-state index contributed by atoms with van der Waals surface area (Å²) < 4.78 is 51.1. The number of aryl methyl sites for hydroxylation is 1. The van der Waals surface area contributed by atoms with Crippen molar-refractivity contribution in [1.82, 2.24) is 29.2 Å². The van der Waals surface area contributed by atoms with Gasteiger partial charge < -0.3 is 24.0 Å². The molecular formula is C33H33F3N8O2. The van der Waals surface area contributed by atoms with Gasteiger partial charge in [-0.2, -0.15) is 18.3 Å². The lowest BCUT2D eigenvalue weighted by atomic mass is 9.88. The second-order valence-corrected chi connectivity index (χ2v) is 11.8. The number of anilines is 2. The molecule has 46 heavy (non-hydrogen) atoms. The quantitative estimate of drug-likeness (QED) is 0.265. The van der Waals surface area contributed by atoms with Crippen molar-refractivity contribution in [3.05, 3.63) is 83.8 Å². The summed E-state index contributed by atoms with van der Waals surface area (Å²) in [5.74, 6) is 0.366. The van der Waals surface area contributed by atoms with Crippen LogP contribution in [-0.2, 0) is 26.2 Å². The monoisotopic (exact) mass is 630 g/mol. The molecule has 2 aliphatic heterocycles. The second kappa shape index (κ2) is 11.5. The zero-order valence-corrected chi connectivity index (χ0v) is 25.8. The van der Waals surface area contributed by atoms with Crippen LogP contribution >= 0.6 is 0 Å². The third kappa shape index (κ3) is 5.34. The third-order valence-electron chi connectivity index (χ3n) is 8.83. The summed E-state index contributed by atoms with van der Waals surface area (Å²) in [4.78, 5) is 29.6. The van der Waals surface area contributed by atoms with Crippen LogP contribution in [0.3, 0.4) is 0 Å². The summed E-state index contributed by atoms with van der Waals surface area (Å²) >= 11 is 0. The zero-order chi connectivity index (χ0) is 32.2. The van der Waals surface area contributed by atoms with Gasteiger partial charge in [0.25, 0.3) is 5.91 Å². The minimum Gasteiger partial charge on any atom is -0.497 e. The Kier molecular flexibility index (Phi) is 7.42. The number of methoxy groups -OCH3 is 1. The number of ether oxygens (including phenoxy) is 1. The van der Waals surface area contributed by atoms with Crippen LogP contribution in [0.25, 0.3) is 22.0 Å². The molecule has 1 saturated heterocycles. The summed E-state index contributed by atoms with van der Waals surface area (Å²) in [5, 5.41) is 4.52. The van der Waals surface area contributed by atoms with Crippen LogP contribution < -0.4 is 14.5 Å². The first-order chi connectivity index (χ1) is 22.1. The van der Waals surface area contributed by atoms with E-state index in [1.165, 1.54) is 17.9 Å². The number of rotatable bonds is 6. The predicted molar refractivity (Wildman–Crippen MR) is 168 cm³/mol. The number of fused-ring (bicyclic) bond motifs is 2. The molecule has 0 aliphatic carbocycles. The molecule has 3 aromatic heterocycles. The minimum absolute atomic E-state index is 0.0455. The molecule has 7 rings (SSSR count). The molecular weight excluding hydrogens is 597 g/mol. The number of benzene rings is 2. The molecule has 0 unspecified atom stereocenters. The summed E-state index contributed by atoms with van der Waals surface area (Å²) in [6.45, 7) is 4.10. The number of nitrogens with zero attached hydrogens (tertiary/aromatic N) is 8. The molecule has 5 aromatic rings. The van der Waals surface area contributed by atoms with Crippen molar-refractivity contribution >= 4 is 28.2 Å². The smallest absolute Gasteiger partial charge is 0.435 e. The van der Waals surface area contributed by atoms with Crippen LogP contribution in [-0.4, -0.2) is 82.0 Å². The van der Waals surface area contributed by atoms with E-state index in [1.54, 1.807) is 49.1 Å². The standard InChI is InChI=1S/C33H33F3N8O2/c1-40-10-12-43(13-11-40)29-17-22(46-3)16-26-28(4-6-38-30(26)29)44-8-5-23-24(27-19-41(2)39-31(27)33(34,35)36)14-21(15-25(23)32(44)45)18-42-9-7-37-20-42/h4,6-7,9,14-17,19-20H,5,8,10-13,18H2,1-3H3. The van der Waals surface area contributed by atoms with Crippen LogP contribution in [0, 0.1) is 0 Å². The van der Waals surface area contributed by atoms with Gasteiger partial charge in [-0.25, -0.2) is 4.98 Å². The van der Waals surface area contributed by atoms with Crippen molar-refractivity contribution in [2.45, 2.75) is 19.1 Å². The van der Waals surface area contributed by atoms with Gasteiger partial charge in [0.05, 0.1) is 30.3 Å². The molecule has 0 N–H and O–H groups in total. The summed E-state index contributed by atoms with van der Waals surface area (Å²) in [6, 6.07) is 9.22. The molecule has 0 bridgehead atoms. The normalized spacial score (nSPS) is 15.9. The average molecular weight is 631 g/mol. The number of aromatic nitrogens is 5. The second-order valence-electron chi connectivity index (χ2n) is 11.8. The fraction of sp³-hybridized carbons (Fsp3) is 0.333. The molecule has 5 heterocycles. The summed E-state index contributed by atoms with van der Waals surface area (Å²) in [6.07, 6.45) is 3.81. The Labute approximate surface area is 263 Å². The lowest BCUT2D eigenvalue weighted by Gasteiger charge is -2.35. The van der Waals surface area contributed by atoms with Gasteiger partial charge in [-0.3, -0.25) is 14.5 Å². The fourth-order valence-corrected chi connectivity index (χ4v) is 6.55. The number of carbonyl (C=O) groups is 1. The Morgan fingerprint density at radius 1 is 0.935 bits per heavy atom.